The van der Waals surface area contributed by atoms with Crippen molar-refractivity contribution in [3.63, 3.8) is 0 Å². The Morgan fingerprint density at radius 3 is 2.52 bits per heavy atom. The fraction of sp³-hybridized carbons (Fsp3) is 0.250. The average molecular weight is 329 g/mol. The third kappa shape index (κ3) is 3.79. The van der Waals surface area contributed by atoms with Crippen molar-refractivity contribution >= 4 is 17.7 Å². The molecule has 0 amide bonds. The zero-order chi connectivity index (χ0) is 17.0. The highest BCUT2D eigenvalue weighted by Gasteiger charge is 2.25. The second-order valence-electron chi connectivity index (χ2n) is 5.19. The summed E-state index contributed by atoms with van der Waals surface area (Å²) < 4.78 is 0. The van der Waals surface area contributed by atoms with Gasteiger partial charge in [-0.3, -0.25) is 9.59 Å². The Bertz CT molecular complexity index is 810. The van der Waals surface area contributed by atoms with Gasteiger partial charge in [-0.1, -0.05) is 55.9 Å². The minimum Gasteiger partial charge on any atom is -0.480 e. The minimum atomic E-state index is -0.974. The van der Waals surface area contributed by atoms with Crippen LogP contribution in [0.1, 0.15) is 19.4 Å². The van der Waals surface area contributed by atoms with Gasteiger partial charge in [-0.2, -0.15) is 5.26 Å². The van der Waals surface area contributed by atoms with Gasteiger partial charge in [0.15, 0.2) is 5.16 Å². The molecule has 0 aliphatic carbocycles. The lowest BCUT2D eigenvalue weighted by Crippen LogP contribution is -2.24. The summed E-state index contributed by atoms with van der Waals surface area (Å²) in [6.07, 6.45) is 0. The molecule has 0 radical (unpaired) electrons. The van der Waals surface area contributed by atoms with Gasteiger partial charge in [-0.15, -0.1) is 0 Å². The highest BCUT2D eigenvalue weighted by molar-refractivity contribution is 8.00. The standard InChI is InChI=1S/C16H15N3O3S/c1-9(2)13(15(21)22)23-16-18-12(10-6-4-3-5-7-10)11(8-17)14(20)19-16/h3-7,9,13H,1-2H3,(H,21,22)(H,18,19,20). The number of nitriles is 1. The lowest BCUT2D eigenvalue weighted by molar-refractivity contribution is -0.137. The van der Waals surface area contributed by atoms with Crippen molar-refractivity contribution in [1.29, 1.82) is 5.26 Å². The first-order valence-electron chi connectivity index (χ1n) is 6.93. The maximum absolute atomic E-state index is 12.1. The Kier molecular flexibility index (Phi) is 5.19. The monoisotopic (exact) mass is 329 g/mol. The second kappa shape index (κ2) is 7.11. The Morgan fingerprint density at radius 2 is 2.00 bits per heavy atom. The van der Waals surface area contributed by atoms with E-state index >= 15 is 0 Å². The summed E-state index contributed by atoms with van der Waals surface area (Å²) in [5.41, 5.74) is 0.231. The van der Waals surface area contributed by atoms with E-state index in [1.807, 2.05) is 12.1 Å². The number of nitrogens with one attached hydrogen (secondary N) is 1. The first-order valence-corrected chi connectivity index (χ1v) is 7.81. The number of thioether (sulfide) groups is 1. The van der Waals surface area contributed by atoms with E-state index in [1.165, 1.54) is 0 Å². The van der Waals surface area contributed by atoms with Gasteiger partial charge in [0, 0.05) is 5.56 Å². The van der Waals surface area contributed by atoms with Crippen LogP contribution in [0.15, 0.2) is 40.3 Å². The fourth-order valence-electron chi connectivity index (χ4n) is 2.01. The molecule has 23 heavy (non-hydrogen) atoms. The van der Waals surface area contributed by atoms with Crippen molar-refractivity contribution < 1.29 is 9.90 Å². The second-order valence-corrected chi connectivity index (χ2v) is 6.32. The number of nitrogens with zero attached hydrogens (tertiary/aromatic N) is 2. The summed E-state index contributed by atoms with van der Waals surface area (Å²) in [5, 5.41) is 17.9. The lowest BCUT2D eigenvalue weighted by atomic mass is 10.1. The number of hydrogen-bond donors (Lipinski definition) is 2. The summed E-state index contributed by atoms with van der Waals surface area (Å²) in [5.74, 6) is -1.11. The normalized spacial score (nSPS) is 11.9. The maximum Gasteiger partial charge on any atom is 0.317 e. The van der Waals surface area contributed by atoms with Gasteiger partial charge < -0.3 is 10.1 Å². The van der Waals surface area contributed by atoms with E-state index in [-0.39, 0.29) is 22.3 Å². The number of benzene rings is 1. The van der Waals surface area contributed by atoms with Crippen LogP contribution in [0.5, 0.6) is 0 Å². The SMILES string of the molecule is CC(C)C(Sc1nc(-c2ccccc2)c(C#N)c(=O)[nH]1)C(=O)O. The Hall–Kier alpha value is -2.59. The van der Waals surface area contributed by atoms with Gasteiger partial charge in [0.05, 0.1) is 5.69 Å². The van der Waals surface area contributed by atoms with Gasteiger partial charge in [0.2, 0.25) is 0 Å². The molecule has 2 rings (SSSR count). The summed E-state index contributed by atoms with van der Waals surface area (Å²) in [7, 11) is 0. The van der Waals surface area contributed by atoms with Crippen molar-refractivity contribution in [3.8, 4) is 17.3 Å². The number of aliphatic carboxylic acids is 1. The Labute approximate surface area is 137 Å². The molecule has 0 spiro atoms. The topological polar surface area (TPSA) is 107 Å². The van der Waals surface area contributed by atoms with Crippen LogP contribution in [0.4, 0.5) is 0 Å². The molecule has 0 saturated heterocycles. The number of aromatic amines is 1. The molecule has 1 unspecified atom stereocenters. The van der Waals surface area contributed by atoms with Crippen molar-refractivity contribution in [2.45, 2.75) is 24.3 Å². The number of carboxylic acid groups (broad SMARTS) is 1. The molecule has 1 heterocycles. The Balaban J connectivity index is 2.52. The van der Waals surface area contributed by atoms with Crippen LogP contribution in [0.2, 0.25) is 0 Å². The summed E-state index contributed by atoms with van der Waals surface area (Å²) in [6, 6.07) is 10.7. The zero-order valence-corrected chi connectivity index (χ0v) is 13.4. The smallest absolute Gasteiger partial charge is 0.317 e. The largest absolute Gasteiger partial charge is 0.480 e. The Morgan fingerprint density at radius 1 is 1.35 bits per heavy atom. The van der Waals surface area contributed by atoms with Crippen LogP contribution in [-0.2, 0) is 4.79 Å². The summed E-state index contributed by atoms with van der Waals surface area (Å²) >= 11 is 0.971. The maximum atomic E-state index is 12.1. The molecule has 2 aromatic rings. The number of aromatic nitrogens is 2. The van der Waals surface area contributed by atoms with E-state index in [0.717, 1.165) is 11.8 Å². The quantitative estimate of drug-likeness (QED) is 0.645. The van der Waals surface area contributed by atoms with Gasteiger partial charge in [0.25, 0.3) is 5.56 Å². The molecule has 1 atom stereocenters. The molecular formula is C16H15N3O3S. The number of carbonyl (C=O) groups is 1. The highest BCUT2D eigenvalue weighted by atomic mass is 32.2. The van der Waals surface area contributed by atoms with Crippen molar-refractivity contribution in [2.75, 3.05) is 0 Å². The molecule has 0 aliphatic rings. The van der Waals surface area contributed by atoms with Crippen LogP contribution < -0.4 is 5.56 Å². The molecule has 6 nitrogen and oxygen atoms in total. The van der Waals surface area contributed by atoms with Gasteiger partial charge >= 0.3 is 5.97 Å². The van der Waals surface area contributed by atoms with Crippen LogP contribution in [0.3, 0.4) is 0 Å². The van der Waals surface area contributed by atoms with Crippen LogP contribution in [-0.4, -0.2) is 26.3 Å². The van der Waals surface area contributed by atoms with Gasteiger partial charge in [0.1, 0.15) is 16.9 Å². The summed E-state index contributed by atoms with van der Waals surface area (Å²) in [6.45, 7) is 3.57. The molecule has 118 valence electrons. The third-order valence-corrected chi connectivity index (χ3v) is 4.56. The van der Waals surface area contributed by atoms with Crippen molar-refractivity contribution in [2.24, 2.45) is 5.92 Å². The molecule has 0 fully saturated rings. The predicted molar refractivity (Wildman–Crippen MR) is 87.1 cm³/mol. The number of rotatable bonds is 5. The predicted octanol–water partition coefficient (Wildman–Crippen LogP) is 2.51. The van der Waals surface area contributed by atoms with Crippen LogP contribution in [0, 0.1) is 17.2 Å². The molecule has 1 aromatic heterocycles. The molecule has 0 bridgehead atoms. The van der Waals surface area contributed by atoms with E-state index in [4.69, 9.17) is 0 Å². The van der Waals surface area contributed by atoms with Crippen molar-refractivity contribution in [1.82, 2.24) is 9.97 Å². The number of carboxylic acids is 1. The van der Waals surface area contributed by atoms with Crippen LogP contribution >= 0.6 is 11.8 Å². The molecule has 1 aromatic carbocycles. The first-order chi connectivity index (χ1) is 10.9. The van der Waals surface area contributed by atoms with E-state index in [0.29, 0.717) is 5.56 Å². The van der Waals surface area contributed by atoms with Gasteiger partial charge in [-0.25, -0.2) is 4.98 Å². The first kappa shape index (κ1) is 16.8. The van der Waals surface area contributed by atoms with E-state index in [9.17, 15) is 20.0 Å². The van der Waals surface area contributed by atoms with Gasteiger partial charge in [-0.05, 0) is 5.92 Å². The molecular weight excluding hydrogens is 314 g/mol. The molecule has 2 N–H and O–H groups in total. The molecule has 0 aliphatic heterocycles. The minimum absolute atomic E-state index is 0.0861. The van der Waals surface area contributed by atoms with Crippen molar-refractivity contribution in [3.05, 3.63) is 46.2 Å². The van der Waals surface area contributed by atoms with E-state index in [2.05, 4.69) is 9.97 Å². The van der Waals surface area contributed by atoms with Crippen LogP contribution in [0.25, 0.3) is 11.3 Å². The fourth-order valence-corrected chi connectivity index (χ4v) is 2.92. The highest BCUT2D eigenvalue weighted by Crippen LogP contribution is 2.27. The third-order valence-electron chi connectivity index (χ3n) is 3.14. The average Bonchev–Trinajstić information content (AvgIpc) is 2.52. The zero-order valence-electron chi connectivity index (χ0n) is 12.6. The lowest BCUT2D eigenvalue weighted by Gasteiger charge is -2.15. The number of hydrogen-bond acceptors (Lipinski definition) is 5. The summed E-state index contributed by atoms with van der Waals surface area (Å²) in [4.78, 5) is 30.2. The van der Waals surface area contributed by atoms with E-state index in [1.54, 1.807) is 38.1 Å². The van der Waals surface area contributed by atoms with E-state index < -0.39 is 16.8 Å². The number of H-pyrrole nitrogens is 1. The molecule has 0 saturated carbocycles. The molecule has 7 heteroatoms.